The fourth-order valence-corrected chi connectivity index (χ4v) is 2.00. The molecule has 0 aliphatic heterocycles. The average molecular weight is 353 g/mol. The van der Waals surface area contributed by atoms with Crippen molar-refractivity contribution in [2.45, 2.75) is 0 Å². The highest BCUT2D eigenvalue weighted by atomic mass is 79.9. The van der Waals surface area contributed by atoms with E-state index in [4.69, 9.17) is 26.3 Å². The topological polar surface area (TPSA) is 42.2 Å². The van der Waals surface area contributed by atoms with Crippen LogP contribution in [0.15, 0.2) is 46.9 Å². The summed E-state index contributed by atoms with van der Waals surface area (Å²) in [7, 11) is 0. The Hall–Kier alpha value is -1.70. The van der Waals surface area contributed by atoms with Gasteiger partial charge in [-0.05, 0) is 36.4 Å². The van der Waals surface area contributed by atoms with Gasteiger partial charge in [0.25, 0.3) is 0 Å². The van der Waals surface area contributed by atoms with Gasteiger partial charge in [0.1, 0.15) is 30.8 Å². The minimum atomic E-state index is 0.388. The van der Waals surface area contributed by atoms with Crippen LogP contribution in [0.1, 0.15) is 5.56 Å². The molecular weight excluding hydrogens is 342 g/mol. The maximum Gasteiger partial charge on any atom is 0.122 e. The Bertz CT molecular complexity index is 623. The fourth-order valence-electron chi connectivity index (χ4n) is 1.53. The summed E-state index contributed by atoms with van der Waals surface area (Å²) in [6.07, 6.45) is 0. The standard InChI is InChI=1S/C15H11BrClNO2/c16-12-2-5-13(6-3-12)19-7-8-20-14-4-1-11(10-18)15(17)9-14/h1-6,9H,7-8H2. The van der Waals surface area contributed by atoms with Crippen LogP contribution in [0.3, 0.4) is 0 Å². The van der Waals surface area contributed by atoms with Crippen LogP contribution in [0, 0.1) is 11.3 Å². The van der Waals surface area contributed by atoms with Gasteiger partial charge in [-0.2, -0.15) is 5.26 Å². The van der Waals surface area contributed by atoms with Crippen LogP contribution < -0.4 is 9.47 Å². The molecule has 0 saturated carbocycles. The van der Waals surface area contributed by atoms with E-state index in [1.807, 2.05) is 30.3 Å². The van der Waals surface area contributed by atoms with Gasteiger partial charge in [-0.25, -0.2) is 0 Å². The summed E-state index contributed by atoms with van der Waals surface area (Å²) in [5.41, 5.74) is 0.435. The first-order valence-electron chi connectivity index (χ1n) is 5.90. The second-order valence-electron chi connectivity index (χ2n) is 3.90. The molecule has 102 valence electrons. The van der Waals surface area contributed by atoms with Crippen molar-refractivity contribution in [1.82, 2.24) is 0 Å². The van der Waals surface area contributed by atoms with Crippen LogP contribution >= 0.6 is 27.5 Å². The number of benzene rings is 2. The van der Waals surface area contributed by atoms with Crippen LogP contribution in [0.4, 0.5) is 0 Å². The highest BCUT2D eigenvalue weighted by Crippen LogP contribution is 2.22. The Kier molecular flexibility index (Phi) is 5.28. The minimum absolute atomic E-state index is 0.388. The summed E-state index contributed by atoms with van der Waals surface area (Å²) in [6, 6.07) is 14.6. The zero-order valence-corrected chi connectivity index (χ0v) is 12.8. The van der Waals surface area contributed by atoms with E-state index in [1.165, 1.54) is 0 Å². The molecule has 0 spiro atoms. The van der Waals surface area contributed by atoms with Crippen LogP contribution in [0.5, 0.6) is 11.5 Å². The van der Waals surface area contributed by atoms with E-state index in [0.717, 1.165) is 10.2 Å². The largest absolute Gasteiger partial charge is 0.490 e. The average Bonchev–Trinajstić information content (AvgIpc) is 2.46. The molecule has 0 aliphatic rings. The van der Waals surface area contributed by atoms with Gasteiger partial charge >= 0.3 is 0 Å². The SMILES string of the molecule is N#Cc1ccc(OCCOc2ccc(Br)cc2)cc1Cl. The van der Waals surface area contributed by atoms with Crippen molar-refractivity contribution in [3.8, 4) is 17.6 Å². The lowest BCUT2D eigenvalue weighted by molar-refractivity contribution is 0.217. The van der Waals surface area contributed by atoms with Crippen molar-refractivity contribution >= 4 is 27.5 Å². The molecule has 0 fully saturated rings. The van der Waals surface area contributed by atoms with Gasteiger partial charge in [-0.3, -0.25) is 0 Å². The van der Waals surface area contributed by atoms with Crippen molar-refractivity contribution in [2.24, 2.45) is 0 Å². The number of nitrogens with zero attached hydrogens (tertiary/aromatic N) is 1. The van der Waals surface area contributed by atoms with E-state index < -0.39 is 0 Å². The normalized spacial score (nSPS) is 9.85. The summed E-state index contributed by atoms with van der Waals surface area (Å²) >= 11 is 9.28. The molecule has 0 aromatic heterocycles. The first kappa shape index (κ1) is 14.7. The van der Waals surface area contributed by atoms with Crippen LogP contribution in [0.2, 0.25) is 5.02 Å². The maximum atomic E-state index is 8.77. The summed E-state index contributed by atoms with van der Waals surface area (Å²) in [5.74, 6) is 1.41. The van der Waals surface area contributed by atoms with E-state index in [-0.39, 0.29) is 0 Å². The third-order valence-corrected chi connectivity index (χ3v) is 3.34. The van der Waals surface area contributed by atoms with E-state index in [2.05, 4.69) is 15.9 Å². The smallest absolute Gasteiger partial charge is 0.122 e. The molecule has 0 bridgehead atoms. The van der Waals surface area contributed by atoms with Crippen molar-refractivity contribution in [1.29, 1.82) is 5.26 Å². The zero-order chi connectivity index (χ0) is 14.4. The number of hydrogen-bond donors (Lipinski definition) is 0. The summed E-state index contributed by atoms with van der Waals surface area (Å²) < 4.78 is 12.0. The predicted octanol–water partition coefficient (Wildman–Crippen LogP) is 4.43. The van der Waals surface area contributed by atoms with E-state index in [0.29, 0.717) is 29.5 Å². The number of ether oxygens (including phenoxy) is 2. The van der Waals surface area contributed by atoms with Crippen molar-refractivity contribution in [2.75, 3.05) is 13.2 Å². The molecule has 20 heavy (non-hydrogen) atoms. The Morgan fingerprint density at radius 1 is 1.00 bits per heavy atom. The molecular formula is C15H11BrClNO2. The monoisotopic (exact) mass is 351 g/mol. The quantitative estimate of drug-likeness (QED) is 0.747. The second kappa shape index (κ2) is 7.18. The van der Waals surface area contributed by atoms with Gasteiger partial charge in [0, 0.05) is 10.5 Å². The lowest BCUT2D eigenvalue weighted by Crippen LogP contribution is -2.08. The molecule has 0 unspecified atom stereocenters. The molecule has 0 N–H and O–H groups in total. The number of rotatable bonds is 5. The summed E-state index contributed by atoms with van der Waals surface area (Å²) in [4.78, 5) is 0. The van der Waals surface area contributed by atoms with Crippen LogP contribution in [-0.2, 0) is 0 Å². The lowest BCUT2D eigenvalue weighted by atomic mass is 10.2. The molecule has 0 amide bonds. The van der Waals surface area contributed by atoms with Gasteiger partial charge < -0.3 is 9.47 Å². The predicted molar refractivity (Wildman–Crippen MR) is 81.3 cm³/mol. The lowest BCUT2D eigenvalue weighted by Gasteiger charge is -2.09. The molecule has 0 atom stereocenters. The van der Waals surface area contributed by atoms with Crippen LogP contribution in [-0.4, -0.2) is 13.2 Å². The van der Waals surface area contributed by atoms with Gasteiger partial charge in [0.2, 0.25) is 0 Å². The Morgan fingerprint density at radius 3 is 2.20 bits per heavy atom. The maximum absolute atomic E-state index is 8.77. The third kappa shape index (κ3) is 4.16. The third-order valence-electron chi connectivity index (χ3n) is 2.50. The van der Waals surface area contributed by atoms with Gasteiger partial charge in [0.05, 0.1) is 10.6 Å². The van der Waals surface area contributed by atoms with E-state index in [9.17, 15) is 0 Å². The van der Waals surface area contributed by atoms with E-state index >= 15 is 0 Å². The number of nitriles is 1. The molecule has 2 aromatic rings. The fraction of sp³-hybridized carbons (Fsp3) is 0.133. The first-order chi connectivity index (χ1) is 9.69. The van der Waals surface area contributed by atoms with Gasteiger partial charge in [-0.15, -0.1) is 0 Å². The van der Waals surface area contributed by atoms with Crippen molar-refractivity contribution in [3.05, 3.63) is 57.5 Å². The molecule has 0 saturated heterocycles. The summed E-state index contributed by atoms with van der Waals surface area (Å²) in [6.45, 7) is 0.831. The first-order valence-corrected chi connectivity index (χ1v) is 7.07. The summed E-state index contributed by atoms with van der Waals surface area (Å²) in [5, 5.41) is 9.16. The van der Waals surface area contributed by atoms with E-state index in [1.54, 1.807) is 18.2 Å². The second-order valence-corrected chi connectivity index (χ2v) is 5.23. The Labute approximate surface area is 130 Å². The Balaban J connectivity index is 1.80. The zero-order valence-electron chi connectivity index (χ0n) is 10.5. The van der Waals surface area contributed by atoms with Crippen LogP contribution in [0.25, 0.3) is 0 Å². The molecule has 0 aliphatic carbocycles. The molecule has 0 heterocycles. The highest BCUT2D eigenvalue weighted by molar-refractivity contribution is 9.10. The van der Waals surface area contributed by atoms with Gasteiger partial charge in [0.15, 0.2) is 0 Å². The molecule has 3 nitrogen and oxygen atoms in total. The molecule has 2 rings (SSSR count). The Morgan fingerprint density at radius 2 is 1.60 bits per heavy atom. The number of hydrogen-bond acceptors (Lipinski definition) is 3. The minimum Gasteiger partial charge on any atom is -0.490 e. The van der Waals surface area contributed by atoms with Crippen molar-refractivity contribution in [3.63, 3.8) is 0 Å². The molecule has 2 aromatic carbocycles. The highest BCUT2D eigenvalue weighted by Gasteiger charge is 2.02. The number of halogens is 2. The molecule has 5 heteroatoms. The molecule has 0 radical (unpaired) electrons. The van der Waals surface area contributed by atoms with Crippen molar-refractivity contribution < 1.29 is 9.47 Å². The van der Waals surface area contributed by atoms with Gasteiger partial charge in [-0.1, -0.05) is 27.5 Å².